The van der Waals surface area contributed by atoms with Crippen LogP contribution < -0.4 is 0 Å². The van der Waals surface area contributed by atoms with E-state index >= 15 is 0 Å². The normalized spacial score (nSPS) is 11.4. The second kappa shape index (κ2) is 31.6. The monoisotopic (exact) mass is 490 g/mol. The molecule has 0 saturated heterocycles. The highest BCUT2D eigenvalue weighted by Crippen LogP contribution is 2.16. The summed E-state index contributed by atoms with van der Waals surface area (Å²) in [5.74, 6) is 1.69. The van der Waals surface area contributed by atoms with Crippen LogP contribution in [-0.2, 0) is 0 Å². The molecule has 0 saturated carbocycles. The van der Waals surface area contributed by atoms with E-state index in [1.807, 2.05) is 0 Å². The van der Waals surface area contributed by atoms with Gasteiger partial charge in [0.1, 0.15) is 0 Å². The third kappa shape index (κ3) is 30.6. The van der Waals surface area contributed by atoms with Crippen LogP contribution in [0.4, 0.5) is 0 Å². The Hall–Kier alpha value is 0.580. The zero-order chi connectivity index (χ0) is 23.2. The Balaban J connectivity index is 2.98. The summed E-state index contributed by atoms with van der Waals surface area (Å²) in [5, 5.41) is 0. The lowest BCUT2D eigenvalue weighted by Crippen LogP contribution is -1.85. The molecule has 0 nitrogen and oxygen atoms in total. The molecule has 0 aromatic rings. The van der Waals surface area contributed by atoms with E-state index in [1.165, 1.54) is 180 Å². The van der Waals surface area contributed by atoms with Gasteiger partial charge in [-0.25, -0.2) is 0 Å². The van der Waals surface area contributed by atoms with E-state index in [0.29, 0.717) is 0 Å². The van der Waals surface area contributed by atoms with Crippen LogP contribution in [0.5, 0.6) is 0 Å². The summed E-state index contributed by atoms with van der Waals surface area (Å²) < 4.78 is 0. The maximum absolute atomic E-state index is 5.71. The van der Waals surface area contributed by atoms with Gasteiger partial charge in [0, 0.05) is 11.8 Å². The highest BCUT2D eigenvalue weighted by molar-refractivity contribution is 6.18. The zero-order valence-corrected chi connectivity index (χ0v) is 23.5. The Bertz CT molecular complexity index is 275. The number of rotatable bonds is 29. The van der Waals surface area contributed by atoms with Gasteiger partial charge in [0.15, 0.2) is 0 Å². The third-order valence-corrected chi connectivity index (χ3v) is 7.55. The molecule has 0 rings (SSSR count). The molecule has 0 fully saturated rings. The maximum atomic E-state index is 5.71. The Morgan fingerprint density at radius 2 is 0.250 bits per heavy atom. The summed E-state index contributed by atoms with van der Waals surface area (Å²) in [6.45, 7) is 0. The van der Waals surface area contributed by atoms with Crippen LogP contribution in [0.15, 0.2) is 0 Å². The van der Waals surface area contributed by atoms with Crippen molar-refractivity contribution in [2.45, 2.75) is 180 Å². The van der Waals surface area contributed by atoms with Crippen LogP contribution in [0.2, 0.25) is 0 Å². The SMILES string of the molecule is ClCCCCCCCCCCCCCCCCCCCCCCCCCCCCCCCl. The second-order valence-electron chi connectivity index (χ2n) is 10.3. The van der Waals surface area contributed by atoms with Crippen LogP contribution in [0.3, 0.4) is 0 Å². The summed E-state index contributed by atoms with van der Waals surface area (Å²) in [4.78, 5) is 0. The van der Waals surface area contributed by atoms with Crippen molar-refractivity contribution in [1.82, 2.24) is 0 Å². The van der Waals surface area contributed by atoms with Gasteiger partial charge in [-0.3, -0.25) is 0 Å². The van der Waals surface area contributed by atoms with E-state index in [1.54, 1.807) is 0 Å². The lowest BCUT2D eigenvalue weighted by atomic mass is 10.0. The second-order valence-corrected chi connectivity index (χ2v) is 11.0. The van der Waals surface area contributed by atoms with Crippen molar-refractivity contribution >= 4 is 23.2 Å². The Morgan fingerprint density at radius 1 is 0.156 bits per heavy atom. The molecule has 2 heteroatoms. The largest absolute Gasteiger partial charge is 0.127 e. The van der Waals surface area contributed by atoms with E-state index < -0.39 is 0 Å². The van der Waals surface area contributed by atoms with E-state index in [0.717, 1.165) is 11.8 Å². The van der Waals surface area contributed by atoms with Crippen molar-refractivity contribution in [2.24, 2.45) is 0 Å². The quantitative estimate of drug-likeness (QED) is 0.0721. The average Bonchev–Trinajstić information content (AvgIpc) is 2.81. The first-order valence-corrected chi connectivity index (χ1v) is 16.1. The number of halogens is 2. The molecule has 0 N–H and O–H groups in total. The van der Waals surface area contributed by atoms with Gasteiger partial charge in [0.25, 0.3) is 0 Å². The Morgan fingerprint density at radius 3 is 0.344 bits per heavy atom. The highest BCUT2D eigenvalue weighted by Gasteiger charge is 1.96. The van der Waals surface area contributed by atoms with Gasteiger partial charge in [0.2, 0.25) is 0 Å². The predicted molar refractivity (Wildman–Crippen MR) is 151 cm³/mol. The third-order valence-electron chi connectivity index (χ3n) is 7.02. The van der Waals surface area contributed by atoms with Crippen molar-refractivity contribution in [3.63, 3.8) is 0 Å². The van der Waals surface area contributed by atoms with Crippen molar-refractivity contribution in [3.05, 3.63) is 0 Å². The van der Waals surface area contributed by atoms with Crippen LogP contribution >= 0.6 is 23.2 Å². The molecule has 0 aliphatic heterocycles. The zero-order valence-electron chi connectivity index (χ0n) is 22.0. The fraction of sp³-hybridized carbons (Fsp3) is 1.00. The number of hydrogen-bond acceptors (Lipinski definition) is 0. The van der Waals surface area contributed by atoms with E-state index in [4.69, 9.17) is 23.2 Å². The fourth-order valence-corrected chi connectivity index (χ4v) is 5.16. The molecule has 0 heterocycles. The van der Waals surface area contributed by atoms with Crippen LogP contribution in [0, 0.1) is 0 Å². The van der Waals surface area contributed by atoms with Crippen molar-refractivity contribution in [2.75, 3.05) is 11.8 Å². The van der Waals surface area contributed by atoms with E-state index in [2.05, 4.69) is 0 Å². The van der Waals surface area contributed by atoms with Gasteiger partial charge in [-0.1, -0.05) is 167 Å². The minimum Gasteiger partial charge on any atom is -0.127 e. The molecule has 32 heavy (non-hydrogen) atoms. The molecule has 0 aliphatic rings. The molecule has 0 aliphatic carbocycles. The van der Waals surface area contributed by atoms with Crippen molar-refractivity contribution in [1.29, 1.82) is 0 Å². The Kier molecular flexibility index (Phi) is 32.2. The van der Waals surface area contributed by atoms with E-state index in [-0.39, 0.29) is 0 Å². The predicted octanol–water partition coefficient (Wildman–Crippen LogP) is 12.4. The minimum atomic E-state index is 0.845. The molecule has 0 radical (unpaired) electrons. The topological polar surface area (TPSA) is 0 Å². The lowest BCUT2D eigenvalue weighted by molar-refractivity contribution is 0.514. The van der Waals surface area contributed by atoms with Crippen molar-refractivity contribution < 1.29 is 0 Å². The summed E-state index contributed by atoms with van der Waals surface area (Å²) in [5.41, 5.74) is 0. The molecule has 0 aromatic carbocycles. The van der Waals surface area contributed by atoms with E-state index in [9.17, 15) is 0 Å². The molecule has 0 spiro atoms. The number of alkyl halides is 2. The standard InChI is InChI=1S/C30H60Cl2/c31-29-27-25-23-21-19-17-15-13-11-9-7-5-3-1-2-4-6-8-10-12-14-16-18-20-22-24-26-28-30-32/h1-30H2. The van der Waals surface area contributed by atoms with Gasteiger partial charge >= 0.3 is 0 Å². The van der Waals surface area contributed by atoms with Crippen LogP contribution in [0.1, 0.15) is 180 Å². The molecular formula is C30H60Cl2. The maximum Gasteiger partial charge on any atom is 0.0223 e. The molecule has 0 bridgehead atoms. The summed E-state index contributed by atoms with van der Waals surface area (Å²) in [6.07, 6.45) is 40.1. The fourth-order valence-electron chi connectivity index (χ4n) is 4.79. The molecule has 194 valence electrons. The van der Waals surface area contributed by atoms with Gasteiger partial charge in [-0.15, -0.1) is 23.2 Å². The number of hydrogen-bond donors (Lipinski definition) is 0. The van der Waals surface area contributed by atoms with Gasteiger partial charge in [-0.2, -0.15) is 0 Å². The molecule has 0 atom stereocenters. The highest BCUT2D eigenvalue weighted by atomic mass is 35.5. The van der Waals surface area contributed by atoms with Crippen LogP contribution in [-0.4, -0.2) is 11.8 Å². The first-order chi connectivity index (χ1) is 15.9. The van der Waals surface area contributed by atoms with Crippen molar-refractivity contribution in [3.8, 4) is 0 Å². The molecule has 0 amide bonds. The van der Waals surface area contributed by atoms with Crippen LogP contribution in [0.25, 0.3) is 0 Å². The first-order valence-electron chi connectivity index (χ1n) is 15.0. The molecule has 0 unspecified atom stereocenters. The molecule has 0 aromatic heterocycles. The summed E-state index contributed by atoms with van der Waals surface area (Å²) in [7, 11) is 0. The Labute approximate surface area is 214 Å². The summed E-state index contributed by atoms with van der Waals surface area (Å²) in [6, 6.07) is 0. The first kappa shape index (κ1) is 32.6. The van der Waals surface area contributed by atoms with Gasteiger partial charge in [0.05, 0.1) is 0 Å². The molecular weight excluding hydrogens is 431 g/mol. The smallest absolute Gasteiger partial charge is 0.0223 e. The van der Waals surface area contributed by atoms with Gasteiger partial charge in [-0.05, 0) is 12.8 Å². The van der Waals surface area contributed by atoms with Gasteiger partial charge < -0.3 is 0 Å². The average molecular weight is 492 g/mol. The summed E-state index contributed by atoms with van der Waals surface area (Å²) >= 11 is 11.4. The number of unbranched alkanes of at least 4 members (excludes halogenated alkanes) is 27. The minimum absolute atomic E-state index is 0.845. The lowest BCUT2D eigenvalue weighted by Gasteiger charge is -2.04.